The maximum atomic E-state index is 12.6. The van der Waals surface area contributed by atoms with E-state index in [-0.39, 0.29) is 36.6 Å². The third-order valence-corrected chi connectivity index (χ3v) is 6.03. The monoisotopic (exact) mass is 351 g/mol. The molecule has 4 rings (SSSR count). The molecule has 4 aliphatic heterocycles. The molecule has 0 N–H and O–H groups in total. The van der Waals surface area contributed by atoms with Crippen molar-refractivity contribution in [1.29, 1.82) is 0 Å². The van der Waals surface area contributed by atoms with Crippen LogP contribution in [0.15, 0.2) is 0 Å². The van der Waals surface area contributed by atoms with E-state index >= 15 is 0 Å². The number of likely N-dealkylation sites (tertiary alicyclic amines) is 2. The number of carbonyl (C=O) groups excluding carboxylic acids is 2. The van der Waals surface area contributed by atoms with Crippen LogP contribution in [0.4, 0.5) is 0 Å². The van der Waals surface area contributed by atoms with E-state index < -0.39 is 0 Å². The van der Waals surface area contributed by atoms with Crippen LogP contribution in [0, 0.1) is 0 Å². The number of fused-ring (bicyclic) bond motifs is 1. The molecule has 0 radical (unpaired) electrons. The molecular formula is C18H29N3O4. The third-order valence-electron chi connectivity index (χ3n) is 6.03. The van der Waals surface area contributed by atoms with Crippen LogP contribution >= 0.6 is 0 Å². The predicted octanol–water partition coefficient (Wildman–Crippen LogP) is 0.0895. The fourth-order valence-corrected chi connectivity index (χ4v) is 4.70. The van der Waals surface area contributed by atoms with Crippen molar-refractivity contribution >= 4 is 11.8 Å². The summed E-state index contributed by atoms with van der Waals surface area (Å²) in [5.41, 5.74) is 0. The number of nitrogens with zero attached hydrogens (tertiary/aromatic N) is 3. The Bertz CT molecular complexity index is 503. The number of rotatable bonds is 3. The number of amides is 2. The van der Waals surface area contributed by atoms with Gasteiger partial charge in [-0.2, -0.15) is 0 Å². The van der Waals surface area contributed by atoms with Gasteiger partial charge in [-0.3, -0.25) is 14.5 Å². The molecule has 0 unspecified atom stereocenters. The summed E-state index contributed by atoms with van der Waals surface area (Å²) >= 11 is 0. The van der Waals surface area contributed by atoms with Crippen molar-refractivity contribution in [2.45, 2.75) is 50.3 Å². The molecule has 0 aromatic rings. The van der Waals surface area contributed by atoms with Crippen molar-refractivity contribution in [3.8, 4) is 0 Å². The summed E-state index contributed by atoms with van der Waals surface area (Å²) < 4.78 is 11.3. The fourth-order valence-electron chi connectivity index (χ4n) is 4.70. The smallest absolute Gasteiger partial charge is 0.249 e. The summed E-state index contributed by atoms with van der Waals surface area (Å²) in [4.78, 5) is 31.3. The van der Waals surface area contributed by atoms with E-state index in [2.05, 4.69) is 9.80 Å². The third kappa shape index (κ3) is 3.68. The van der Waals surface area contributed by atoms with Crippen molar-refractivity contribution in [3.05, 3.63) is 0 Å². The van der Waals surface area contributed by atoms with Crippen LogP contribution in [-0.4, -0.2) is 97.2 Å². The zero-order valence-electron chi connectivity index (χ0n) is 14.9. The molecule has 0 bridgehead atoms. The molecule has 4 fully saturated rings. The Morgan fingerprint density at radius 2 is 1.84 bits per heavy atom. The summed E-state index contributed by atoms with van der Waals surface area (Å²) in [6.07, 6.45) is 5.31. The molecule has 0 spiro atoms. The first-order valence-corrected chi connectivity index (χ1v) is 9.73. The van der Waals surface area contributed by atoms with Gasteiger partial charge < -0.3 is 19.3 Å². The van der Waals surface area contributed by atoms with Gasteiger partial charge in [0.2, 0.25) is 11.8 Å². The van der Waals surface area contributed by atoms with Gasteiger partial charge in [0, 0.05) is 45.4 Å². The van der Waals surface area contributed by atoms with Crippen LogP contribution in [0.3, 0.4) is 0 Å². The normalized spacial score (nSPS) is 32.1. The minimum atomic E-state index is 0.0368. The van der Waals surface area contributed by atoms with Gasteiger partial charge in [0.05, 0.1) is 18.7 Å². The molecule has 0 aliphatic carbocycles. The highest BCUT2D eigenvalue weighted by atomic mass is 16.5. The predicted molar refractivity (Wildman–Crippen MR) is 91.1 cm³/mol. The van der Waals surface area contributed by atoms with Crippen LogP contribution in [0.25, 0.3) is 0 Å². The van der Waals surface area contributed by atoms with Gasteiger partial charge >= 0.3 is 0 Å². The van der Waals surface area contributed by atoms with Crippen LogP contribution in [0.2, 0.25) is 0 Å². The molecule has 0 aromatic heterocycles. The zero-order valence-corrected chi connectivity index (χ0v) is 14.9. The summed E-state index contributed by atoms with van der Waals surface area (Å²) in [5.74, 6) is 0.319. The number of ether oxygens (including phenoxy) is 2. The number of hydrogen-bond donors (Lipinski definition) is 0. The van der Waals surface area contributed by atoms with Gasteiger partial charge in [0.1, 0.15) is 6.61 Å². The van der Waals surface area contributed by atoms with Gasteiger partial charge in [-0.15, -0.1) is 0 Å². The van der Waals surface area contributed by atoms with Gasteiger partial charge in [-0.05, 0) is 32.1 Å². The standard InChI is InChI=1S/C18H29N3O4/c22-17(20-6-2-1-3-7-20)12-19-10-15-16(11-19)25-13-18(23)21(15)14-4-8-24-9-5-14/h14-16H,1-13H2/t15-,16-/m0/s1. The number of piperidine rings is 1. The summed E-state index contributed by atoms with van der Waals surface area (Å²) in [5, 5.41) is 0. The quantitative estimate of drug-likeness (QED) is 0.721. The molecule has 7 heteroatoms. The topological polar surface area (TPSA) is 62.3 Å². The minimum absolute atomic E-state index is 0.0368. The summed E-state index contributed by atoms with van der Waals surface area (Å²) in [7, 11) is 0. The van der Waals surface area contributed by atoms with Crippen molar-refractivity contribution in [2.75, 3.05) is 52.5 Å². The van der Waals surface area contributed by atoms with E-state index in [9.17, 15) is 9.59 Å². The maximum Gasteiger partial charge on any atom is 0.249 e. The van der Waals surface area contributed by atoms with Gasteiger partial charge in [0.25, 0.3) is 0 Å². The van der Waals surface area contributed by atoms with E-state index in [1.807, 2.05) is 4.90 Å². The Kier molecular flexibility index (Phi) is 5.24. The second-order valence-corrected chi connectivity index (χ2v) is 7.70. The van der Waals surface area contributed by atoms with Gasteiger partial charge in [-0.1, -0.05) is 0 Å². The van der Waals surface area contributed by atoms with Crippen LogP contribution in [0.5, 0.6) is 0 Å². The Morgan fingerprint density at radius 1 is 1.08 bits per heavy atom. The molecule has 2 amide bonds. The number of carbonyl (C=O) groups is 2. The first-order valence-electron chi connectivity index (χ1n) is 9.73. The lowest BCUT2D eigenvalue weighted by molar-refractivity contribution is -0.159. The highest BCUT2D eigenvalue weighted by molar-refractivity contribution is 5.80. The van der Waals surface area contributed by atoms with Crippen molar-refractivity contribution < 1.29 is 19.1 Å². The molecule has 0 saturated carbocycles. The molecule has 4 heterocycles. The van der Waals surface area contributed by atoms with E-state index in [1.54, 1.807) is 0 Å². The maximum absolute atomic E-state index is 12.6. The van der Waals surface area contributed by atoms with E-state index in [1.165, 1.54) is 6.42 Å². The molecule has 4 aliphatic rings. The van der Waals surface area contributed by atoms with E-state index in [0.29, 0.717) is 6.54 Å². The highest BCUT2D eigenvalue weighted by Gasteiger charge is 2.46. The second kappa shape index (κ2) is 7.60. The SMILES string of the molecule is O=C(CN1C[C@@H]2OCC(=O)N(C3CCOCC3)[C@H]2C1)N1CCCCC1. The van der Waals surface area contributed by atoms with Crippen LogP contribution in [0.1, 0.15) is 32.1 Å². The molecular weight excluding hydrogens is 322 g/mol. The van der Waals surface area contributed by atoms with Crippen molar-refractivity contribution in [2.24, 2.45) is 0 Å². The average molecular weight is 351 g/mol. The lowest BCUT2D eigenvalue weighted by Gasteiger charge is -2.43. The largest absolute Gasteiger partial charge is 0.381 e. The Labute approximate surface area is 149 Å². The van der Waals surface area contributed by atoms with Crippen molar-refractivity contribution in [3.63, 3.8) is 0 Å². The van der Waals surface area contributed by atoms with E-state index in [4.69, 9.17) is 9.47 Å². The summed E-state index contributed by atoms with van der Waals surface area (Å²) in [6.45, 7) is 5.35. The molecule has 140 valence electrons. The summed E-state index contributed by atoms with van der Waals surface area (Å²) in [6, 6.07) is 0.342. The molecule has 7 nitrogen and oxygen atoms in total. The van der Waals surface area contributed by atoms with Crippen molar-refractivity contribution in [1.82, 2.24) is 14.7 Å². The molecule has 2 atom stereocenters. The van der Waals surface area contributed by atoms with Crippen LogP contribution in [-0.2, 0) is 19.1 Å². The van der Waals surface area contributed by atoms with E-state index in [0.717, 1.165) is 65.1 Å². The number of morpholine rings is 1. The van der Waals surface area contributed by atoms with Gasteiger partial charge in [-0.25, -0.2) is 0 Å². The first-order chi connectivity index (χ1) is 12.2. The number of hydrogen-bond acceptors (Lipinski definition) is 5. The molecule has 4 saturated heterocycles. The lowest BCUT2D eigenvalue weighted by atomic mass is 10.0. The molecule has 25 heavy (non-hydrogen) atoms. The first kappa shape index (κ1) is 17.2. The average Bonchev–Trinajstić information content (AvgIpc) is 3.05. The minimum Gasteiger partial charge on any atom is -0.381 e. The zero-order chi connectivity index (χ0) is 17.2. The second-order valence-electron chi connectivity index (χ2n) is 7.70. The Hall–Kier alpha value is -1.18. The highest BCUT2D eigenvalue weighted by Crippen LogP contribution is 2.28. The lowest BCUT2D eigenvalue weighted by Crippen LogP contribution is -2.58. The molecule has 0 aromatic carbocycles. The van der Waals surface area contributed by atoms with Gasteiger partial charge in [0.15, 0.2) is 0 Å². The van der Waals surface area contributed by atoms with Crippen LogP contribution < -0.4 is 0 Å². The fraction of sp³-hybridized carbons (Fsp3) is 0.889. The Balaban J connectivity index is 1.38. The Morgan fingerprint density at radius 3 is 2.60 bits per heavy atom.